The molecule has 1 atom stereocenters. The Morgan fingerprint density at radius 2 is 2.11 bits per heavy atom. The second-order valence-corrected chi connectivity index (χ2v) is 7.29. The Balaban J connectivity index is 2.24. The minimum absolute atomic E-state index is 0.217. The van der Waals surface area contributed by atoms with Crippen molar-refractivity contribution >= 4 is 10.0 Å². The van der Waals surface area contributed by atoms with Gasteiger partial charge in [0.2, 0.25) is 10.0 Å². The van der Waals surface area contributed by atoms with Gasteiger partial charge in [-0.05, 0) is 52.7 Å². The molecule has 0 aliphatic carbocycles. The number of rotatable bonds is 8. The zero-order valence-corrected chi connectivity index (χ0v) is 12.6. The van der Waals surface area contributed by atoms with E-state index in [0.717, 1.165) is 26.1 Å². The van der Waals surface area contributed by atoms with Crippen LogP contribution in [0, 0.1) is 5.92 Å². The molecule has 108 valence electrons. The van der Waals surface area contributed by atoms with Crippen LogP contribution in [0.25, 0.3) is 0 Å². The zero-order valence-electron chi connectivity index (χ0n) is 11.8. The first-order chi connectivity index (χ1) is 8.44. The number of nitrogens with zero attached hydrogens (tertiary/aromatic N) is 1. The van der Waals surface area contributed by atoms with Gasteiger partial charge in [-0.3, -0.25) is 0 Å². The molecule has 1 rings (SSSR count). The van der Waals surface area contributed by atoms with E-state index in [-0.39, 0.29) is 5.75 Å². The van der Waals surface area contributed by atoms with Crippen LogP contribution in [0.5, 0.6) is 0 Å². The lowest BCUT2D eigenvalue weighted by atomic mass is 10.1. The Labute approximate surface area is 111 Å². The van der Waals surface area contributed by atoms with Crippen LogP contribution >= 0.6 is 0 Å². The third kappa shape index (κ3) is 5.65. The largest absolute Gasteiger partial charge is 0.320 e. The summed E-state index contributed by atoms with van der Waals surface area (Å²) in [5, 5.41) is 2.96. The molecule has 0 bridgehead atoms. The van der Waals surface area contributed by atoms with Gasteiger partial charge in [-0.15, -0.1) is 0 Å². The Kier molecular flexibility index (Phi) is 6.55. The molecular weight excluding hydrogens is 250 g/mol. The molecule has 0 radical (unpaired) electrons. The van der Waals surface area contributed by atoms with E-state index in [9.17, 15) is 8.42 Å². The first-order valence-electron chi connectivity index (χ1n) is 6.80. The lowest BCUT2D eigenvalue weighted by molar-refractivity contribution is 0.265. The highest BCUT2D eigenvalue weighted by Gasteiger charge is 2.25. The SMILES string of the molecule is CNCCCS(=O)(=O)NCC1CCN(C(C)C)C1. The Morgan fingerprint density at radius 1 is 1.39 bits per heavy atom. The fourth-order valence-electron chi connectivity index (χ4n) is 2.25. The molecule has 1 aliphatic rings. The third-order valence-corrected chi connectivity index (χ3v) is 4.91. The van der Waals surface area contributed by atoms with Crippen LogP contribution in [0.15, 0.2) is 0 Å². The van der Waals surface area contributed by atoms with E-state index in [1.165, 1.54) is 0 Å². The van der Waals surface area contributed by atoms with E-state index in [2.05, 4.69) is 28.8 Å². The highest BCUT2D eigenvalue weighted by atomic mass is 32.2. The van der Waals surface area contributed by atoms with Gasteiger partial charge in [0, 0.05) is 19.1 Å². The van der Waals surface area contributed by atoms with Gasteiger partial charge in [0.05, 0.1) is 5.75 Å². The summed E-state index contributed by atoms with van der Waals surface area (Å²) in [5.74, 6) is 0.681. The van der Waals surface area contributed by atoms with E-state index >= 15 is 0 Å². The van der Waals surface area contributed by atoms with Crippen molar-refractivity contribution in [3.8, 4) is 0 Å². The molecule has 0 saturated carbocycles. The second kappa shape index (κ2) is 7.43. The van der Waals surface area contributed by atoms with Crippen molar-refractivity contribution in [2.45, 2.75) is 32.7 Å². The monoisotopic (exact) mass is 277 g/mol. The van der Waals surface area contributed by atoms with Crippen molar-refractivity contribution in [3.05, 3.63) is 0 Å². The lowest BCUT2D eigenvalue weighted by Gasteiger charge is -2.20. The number of likely N-dealkylation sites (tertiary alicyclic amines) is 1. The van der Waals surface area contributed by atoms with Crippen molar-refractivity contribution in [1.82, 2.24) is 14.9 Å². The number of nitrogens with one attached hydrogen (secondary N) is 2. The predicted molar refractivity (Wildman–Crippen MR) is 75.1 cm³/mol. The van der Waals surface area contributed by atoms with Crippen molar-refractivity contribution < 1.29 is 8.42 Å². The highest BCUT2D eigenvalue weighted by molar-refractivity contribution is 7.89. The molecule has 1 heterocycles. The average Bonchev–Trinajstić information content (AvgIpc) is 2.75. The predicted octanol–water partition coefficient (Wildman–Crippen LogP) is 0.246. The Morgan fingerprint density at radius 3 is 2.67 bits per heavy atom. The molecule has 0 spiro atoms. The van der Waals surface area contributed by atoms with Crippen LogP contribution in [0.4, 0.5) is 0 Å². The number of hydrogen-bond donors (Lipinski definition) is 2. The molecule has 0 aromatic carbocycles. The summed E-state index contributed by atoms with van der Waals surface area (Å²) in [6.07, 6.45) is 1.76. The van der Waals surface area contributed by atoms with Gasteiger partial charge in [0.1, 0.15) is 0 Å². The smallest absolute Gasteiger partial charge is 0.211 e. The molecule has 1 fully saturated rings. The quantitative estimate of drug-likeness (QED) is 0.624. The minimum Gasteiger partial charge on any atom is -0.320 e. The van der Waals surface area contributed by atoms with Crippen LogP contribution in [-0.4, -0.2) is 58.3 Å². The summed E-state index contributed by atoms with van der Waals surface area (Å²) in [6.45, 7) is 7.80. The van der Waals surface area contributed by atoms with E-state index in [1.54, 1.807) is 0 Å². The van der Waals surface area contributed by atoms with E-state index in [1.807, 2.05) is 7.05 Å². The summed E-state index contributed by atoms with van der Waals surface area (Å²) in [6, 6.07) is 0.558. The van der Waals surface area contributed by atoms with Gasteiger partial charge >= 0.3 is 0 Å². The van der Waals surface area contributed by atoms with Gasteiger partial charge in [-0.25, -0.2) is 13.1 Å². The van der Waals surface area contributed by atoms with Crippen molar-refractivity contribution in [2.24, 2.45) is 5.92 Å². The Hall–Kier alpha value is -0.170. The topological polar surface area (TPSA) is 61.4 Å². The van der Waals surface area contributed by atoms with Gasteiger partial charge in [0.25, 0.3) is 0 Å². The summed E-state index contributed by atoms with van der Waals surface area (Å²) in [4.78, 5) is 2.40. The normalized spacial score (nSPS) is 21.9. The van der Waals surface area contributed by atoms with Crippen molar-refractivity contribution in [3.63, 3.8) is 0 Å². The Bertz CT molecular complexity index is 330. The van der Waals surface area contributed by atoms with Crippen molar-refractivity contribution in [2.75, 3.05) is 39.0 Å². The molecule has 18 heavy (non-hydrogen) atoms. The first-order valence-corrected chi connectivity index (χ1v) is 8.46. The molecule has 6 heteroatoms. The van der Waals surface area contributed by atoms with Gasteiger partial charge in [0.15, 0.2) is 0 Å². The summed E-state index contributed by atoms with van der Waals surface area (Å²) in [7, 11) is -1.26. The van der Waals surface area contributed by atoms with Crippen LogP contribution in [0.2, 0.25) is 0 Å². The van der Waals surface area contributed by atoms with E-state index in [4.69, 9.17) is 0 Å². The molecule has 5 nitrogen and oxygen atoms in total. The molecule has 0 aromatic rings. The van der Waals surface area contributed by atoms with Gasteiger partial charge < -0.3 is 10.2 Å². The summed E-state index contributed by atoms with van der Waals surface area (Å²) in [5.41, 5.74) is 0. The molecule has 1 aliphatic heterocycles. The average molecular weight is 277 g/mol. The maximum absolute atomic E-state index is 11.7. The standard InChI is InChI=1S/C12H27N3O2S/c1-11(2)15-7-5-12(10-15)9-14-18(16,17)8-4-6-13-3/h11-14H,4-10H2,1-3H3. The van der Waals surface area contributed by atoms with Crippen LogP contribution in [0.1, 0.15) is 26.7 Å². The molecule has 2 N–H and O–H groups in total. The second-order valence-electron chi connectivity index (χ2n) is 5.37. The fourth-order valence-corrected chi connectivity index (χ4v) is 3.41. The maximum atomic E-state index is 11.7. The summed E-state index contributed by atoms with van der Waals surface area (Å²) >= 11 is 0. The van der Waals surface area contributed by atoms with Crippen molar-refractivity contribution in [1.29, 1.82) is 0 Å². The minimum atomic E-state index is -3.09. The van der Waals surface area contributed by atoms with Crippen LogP contribution in [-0.2, 0) is 10.0 Å². The number of sulfonamides is 1. The van der Waals surface area contributed by atoms with Crippen LogP contribution < -0.4 is 10.0 Å². The molecular formula is C12H27N3O2S. The lowest BCUT2D eigenvalue weighted by Crippen LogP contribution is -2.34. The summed E-state index contributed by atoms with van der Waals surface area (Å²) < 4.78 is 26.2. The van der Waals surface area contributed by atoms with E-state index in [0.29, 0.717) is 24.9 Å². The molecule has 0 aromatic heterocycles. The molecule has 1 saturated heterocycles. The highest BCUT2D eigenvalue weighted by Crippen LogP contribution is 2.17. The number of hydrogen-bond acceptors (Lipinski definition) is 4. The maximum Gasteiger partial charge on any atom is 0.211 e. The van der Waals surface area contributed by atoms with Crippen LogP contribution in [0.3, 0.4) is 0 Å². The zero-order chi connectivity index (χ0) is 13.6. The first kappa shape index (κ1) is 15.9. The third-order valence-electron chi connectivity index (χ3n) is 3.48. The fraction of sp³-hybridized carbons (Fsp3) is 1.00. The van der Waals surface area contributed by atoms with Gasteiger partial charge in [-0.1, -0.05) is 0 Å². The van der Waals surface area contributed by atoms with Gasteiger partial charge in [-0.2, -0.15) is 0 Å². The van der Waals surface area contributed by atoms with E-state index < -0.39 is 10.0 Å². The molecule has 1 unspecified atom stereocenters. The molecule has 0 amide bonds.